The SMILES string of the molecule is O=c1c2c3c(sc2n(Cc2ccc(Cl)cc2)c(=O)n1Cc1ccccc1Cl)CCCC3. The summed E-state index contributed by atoms with van der Waals surface area (Å²) in [5.74, 6) is 0. The van der Waals surface area contributed by atoms with E-state index in [-0.39, 0.29) is 17.8 Å². The van der Waals surface area contributed by atoms with E-state index in [1.807, 2.05) is 42.5 Å². The highest BCUT2D eigenvalue weighted by Gasteiger charge is 2.24. The van der Waals surface area contributed by atoms with Crippen molar-refractivity contribution in [3.63, 3.8) is 0 Å². The molecule has 2 heterocycles. The quantitative estimate of drug-likeness (QED) is 0.394. The van der Waals surface area contributed by atoms with E-state index in [0.29, 0.717) is 22.0 Å². The van der Waals surface area contributed by atoms with Gasteiger partial charge in [-0.15, -0.1) is 11.3 Å². The van der Waals surface area contributed by atoms with E-state index in [1.54, 1.807) is 22.0 Å². The molecule has 0 atom stereocenters. The number of thiophene rings is 1. The maximum Gasteiger partial charge on any atom is 0.332 e. The van der Waals surface area contributed by atoms with E-state index in [0.717, 1.165) is 47.2 Å². The third-order valence-electron chi connectivity index (χ3n) is 5.86. The van der Waals surface area contributed by atoms with Crippen molar-refractivity contribution in [2.75, 3.05) is 0 Å². The summed E-state index contributed by atoms with van der Waals surface area (Å²) in [6, 6.07) is 14.8. The Morgan fingerprint density at radius 3 is 2.39 bits per heavy atom. The highest BCUT2D eigenvalue weighted by molar-refractivity contribution is 7.18. The molecule has 0 aliphatic heterocycles. The summed E-state index contributed by atoms with van der Waals surface area (Å²) in [5, 5.41) is 1.89. The molecule has 0 saturated carbocycles. The molecule has 0 spiro atoms. The second kappa shape index (κ2) is 8.30. The van der Waals surface area contributed by atoms with Gasteiger partial charge in [0.05, 0.1) is 18.5 Å². The third kappa shape index (κ3) is 3.75. The summed E-state index contributed by atoms with van der Waals surface area (Å²) in [7, 11) is 0. The number of halogens is 2. The molecule has 4 nitrogen and oxygen atoms in total. The van der Waals surface area contributed by atoms with Crippen LogP contribution in [0.1, 0.15) is 34.4 Å². The van der Waals surface area contributed by atoms with Gasteiger partial charge in [-0.05, 0) is 60.6 Å². The summed E-state index contributed by atoms with van der Waals surface area (Å²) >= 11 is 14.0. The molecule has 158 valence electrons. The van der Waals surface area contributed by atoms with E-state index in [4.69, 9.17) is 23.2 Å². The van der Waals surface area contributed by atoms with Crippen molar-refractivity contribution < 1.29 is 0 Å². The first-order chi connectivity index (χ1) is 15.0. The summed E-state index contributed by atoms with van der Waals surface area (Å²) < 4.78 is 3.07. The van der Waals surface area contributed by atoms with Crippen molar-refractivity contribution in [1.82, 2.24) is 9.13 Å². The number of benzene rings is 2. The van der Waals surface area contributed by atoms with Crippen molar-refractivity contribution in [3.8, 4) is 0 Å². The van der Waals surface area contributed by atoms with Crippen LogP contribution in [0.25, 0.3) is 10.2 Å². The van der Waals surface area contributed by atoms with Crippen LogP contribution in [-0.4, -0.2) is 9.13 Å². The van der Waals surface area contributed by atoms with Crippen LogP contribution in [0, 0.1) is 0 Å². The lowest BCUT2D eigenvalue weighted by atomic mass is 9.97. The van der Waals surface area contributed by atoms with Gasteiger partial charge in [-0.2, -0.15) is 0 Å². The van der Waals surface area contributed by atoms with Crippen LogP contribution >= 0.6 is 34.5 Å². The molecular formula is C24H20Cl2N2O2S. The number of hydrogen-bond donors (Lipinski definition) is 0. The second-order valence-corrected chi connectivity index (χ2v) is 9.80. The van der Waals surface area contributed by atoms with Crippen LogP contribution in [0.2, 0.25) is 10.0 Å². The number of rotatable bonds is 4. The zero-order chi connectivity index (χ0) is 21.5. The molecule has 0 unspecified atom stereocenters. The molecule has 0 radical (unpaired) electrons. The fraction of sp³-hybridized carbons (Fsp3) is 0.250. The molecule has 2 aromatic carbocycles. The fourth-order valence-electron chi connectivity index (χ4n) is 4.26. The van der Waals surface area contributed by atoms with Gasteiger partial charge in [-0.1, -0.05) is 53.5 Å². The van der Waals surface area contributed by atoms with Crippen molar-refractivity contribution >= 4 is 44.8 Å². The molecule has 5 rings (SSSR count). The molecule has 0 fully saturated rings. The summed E-state index contributed by atoms with van der Waals surface area (Å²) in [6.45, 7) is 0.535. The predicted octanol–water partition coefficient (Wildman–Crippen LogP) is 5.51. The Morgan fingerprint density at radius 2 is 1.61 bits per heavy atom. The predicted molar refractivity (Wildman–Crippen MR) is 128 cm³/mol. The minimum absolute atomic E-state index is 0.151. The molecule has 0 amide bonds. The van der Waals surface area contributed by atoms with Crippen molar-refractivity contribution in [2.24, 2.45) is 0 Å². The van der Waals surface area contributed by atoms with Crippen LogP contribution in [0.15, 0.2) is 58.1 Å². The van der Waals surface area contributed by atoms with Gasteiger partial charge in [0.1, 0.15) is 4.83 Å². The standard InChI is InChI=1S/C24H20Cl2N2O2S/c25-17-11-9-15(10-12-17)13-28-23-21(18-6-2-4-8-20(18)31-23)22(29)27(24(28)30)14-16-5-1-3-7-19(16)26/h1,3,5,7,9-12H,2,4,6,8,13-14H2. The lowest BCUT2D eigenvalue weighted by Gasteiger charge is -2.14. The fourth-order valence-corrected chi connectivity index (χ4v) is 5.96. The van der Waals surface area contributed by atoms with E-state index in [9.17, 15) is 9.59 Å². The molecule has 2 aromatic heterocycles. The van der Waals surface area contributed by atoms with Gasteiger partial charge >= 0.3 is 5.69 Å². The molecule has 0 bridgehead atoms. The van der Waals surface area contributed by atoms with Crippen LogP contribution in [0.5, 0.6) is 0 Å². The Labute approximate surface area is 193 Å². The molecular weight excluding hydrogens is 451 g/mol. The molecule has 1 aliphatic rings. The normalized spacial score (nSPS) is 13.5. The van der Waals surface area contributed by atoms with Gasteiger partial charge in [0.15, 0.2) is 0 Å². The van der Waals surface area contributed by atoms with Crippen LogP contribution < -0.4 is 11.2 Å². The van der Waals surface area contributed by atoms with E-state index in [1.165, 1.54) is 9.44 Å². The molecule has 0 N–H and O–H groups in total. The average Bonchev–Trinajstić information content (AvgIpc) is 3.16. The van der Waals surface area contributed by atoms with Crippen LogP contribution in [0.4, 0.5) is 0 Å². The zero-order valence-corrected chi connectivity index (χ0v) is 19.1. The lowest BCUT2D eigenvalue weighted by molar-refractivity contribution is 0.636. The van der Waals surface area contributed by atoms with Gasteiger partial charge < -0.3 is 0 Å². The molecule has 7 heteroatoms. The minimum atomic E-state index is -0.314. The number of hydrogen-bond acceptors (Lipinski definition) is 3. The zero-order valence-electron chi connectivity index (χ0n) is 16.7. The Balaban J connectivity index is 1.75. The van der Waals surface area contributed by atoms with Gasteiger partial charge in [0.2, 0.25) is 0 Å². The number of fused-ring (bicyclic) bond motifs is 3. The number of aryl methyl sites for hydroxylation is 2. The minimum Gasteiger partial charge on any atom is -0.280 e. The Bertz CT molecular complexity index is 1400. The largest absolute Gasteiger partial charge is 0.332 e. The molecule has 4 aromatic rings. The van der Waals surface area contributed by atoms with Crippen LogP contribution in [-0.2, 0) is 25.9 Å². The van der Waals surface area contributed by atoms with E-state index >= 15 is 0 Å². The van der Waals surface area contributed by atoms with Gasteiger partial charge in [0, 0.05) is 14.9 Å². The van der Waals surface area contributed by atoms with E-state index < -0.39 is 0 Å². The second-order valence-electron chi connectivity index (χ2n) is 7.87. The summed E-state index contributed by atoms with van der Waals surface area (Å²) in [6.07, 6.45) is 4.04. The monoisotopic (exact) mass is 470 g/mol. The third-order valence-corrected chi connectivity index (χ3v) is 7.79. The van der Waals surface area contributed by atoms with Crippen molar-refractivity contribution in [2.45, 2.75) is 38.8 Å². The lowest BCUT2D eigenvalue weighted by Crippen LogP contribution is -2.40. The summed E-state index contributed by atoms with van der Waals surface area (Å²) in [4.78, 5) is 29.1. The Kier molecular flexibility index (Phi) is 5.51. The highest BCUT2D eigenvalue weighted by Crippen LogP contribution is 2.34. The Morgan fingerprint density at radius 1 is 0.871 bits per heavy atom. The maximum absolute atomic E-state index is 13.6. The van der Waals surface area contributed by atoms with Crippen molar-refractivity contribution in [3.05, 3.63) is 101 Å². The first-order valence-corrected chi connectivity index (χ1v) is 11.9. The smallest absolute Gasteiger partial charge is 0.280 e. The number of nitrogens with zero attached hydrogens (tertiary/aromatic N) is 2. The van der Waals surface area contributed by atoms with Gasteiger partial charge in [-0.25, -0.2) is 4.79 Å². The van der Waals surface area contributed by atoms with Crippen molar-refractivity contribution in [1.29, 1.82) is 0 Å². The topological polar surface area (TPSA) is 44.0 Å². The Hall–Kier alpha value is -2.34. The van der Waals surface area contributed by atoms with E-state index in [2.05, 4.69) is 0 Å². The molecule has 31 heavy (non-hydrogen) atoms. The maximum atomic E-state index is 13.6. The molecule has 0 saturated heterocycles. The summed E-state index contributed by atoms with van der Waals surface area (Å²) in [5.41, 5.74) is 2.30. The average molecular weight is 471 g/mol. The first-order valence-electron chi connectivity index (χ1n) is 10.3. The molecule has 1 aliphatic carbocycles. The van der Waals surface area contributed by atoms with Gasteiger partial charge in [-0.3, -0.25) is 13.9 Å². The highest BCUT2D eigenvalue weighted by atomic mass is 35.5. The first kappa shape index (κ1) is 20.6. The number of aromatic nitrogens is 2. The van der Waals surface area contributed by atoms with Crippen LogP contribution in [0.3, 0.4) is 0 Å². The van der Waals surface area contributed by atoms with Gasteiger partial charge in [0.25, 0.3) is 5.56 Å².